The summed E-state index contributed by atoms with van der Waals surface area (Å²) in [6, 6.07) is 2.94. The Balaban J connectivity index is 1.87. The number of nitrogens with zero attached hydrogens (tertiary/aromatic N) is 3. The molecule has 0 unspecified atom stereocenters. The predicted octanol–water partition coefficient (Wildman–Crippen LogP) is 2.99. The molecule has 1 aliphatic rings. The Hall–Kier alpha value is -0.350. The molecule has 0 spiro atoms. The monoisotopic (exact) mass is 313 g/mol. The molecule has 0 bridgehead atoms. The van der Waals surface area contributed by atoms with Gasteiger partial charge in [-0.3, -0.25) is 9.58 Å². The average molecular weight is 314 g/mol. The SMILES string of the molecule is Cn1nccc1CCN(CCBr)C1CCCCC1. The van der Waals surface area contributed by atoms with Crippen molar-refractivity contribution < 1.29 is 0 Å². The van der Waals surface area contributed by atoms with Crippen LogP contribution in [0.1, 0.15) is 37.8 Å². The van der Waals surface area contributed by atoms with E-state index in [1.165, 1.54) is 44.3 Å². The maximum atomic E-state index is 4.24. The molecule has 1 saturated carbocycles. The van der Waals surface area contributed by atoms with Crippen molar-refractivity contribution in [3.05, 3.63) is 18.0 Å². The minimum absolute atomic E-state index is 0.810. The van der Waals surface area contributed by atoms with Crippen molar-refractivity contribution in [2.24, 2.45) is 7.05 Å². The quantitative estimate of drug-likeness (QED) is 0.753. The number of halogens is 1. The van der Waals surface area contributed by atoms with Gasteiger partial charge in [0.15, 0.2) is 0 Å². The summed E-state index contributed by atoms with van der Waals surface area (Å²) < 4.78 is 1.99. The van der Waals surface area contributed by atoms with Gasteiger partial charge in [0.25, 0.3) is 0 Å². The van der Waals surface area contributed by atoms with Crippen LogP contribution in [0.25, 0.3) is 0 Å². The molecule has 1 aliphatic carbocycles. The Morgan fingerprint density at radius 3 is 2.72 bits per heavy atom. The van der Waals surface area contributed by atoms with E-state index in [-0.39, 0.29) is 0 Å². The molecule has 0 saturated heterocycles. The maximum absolute atomic E-state index is 4.24. The number of alkyl halides is 1. The number of hydrogen-bond acceptors (Lipinski definition) is 2. The lowest BCUT2D eigenvalue weighted by Gasteiger charge is -2.34. The molecular weight excluding hydrogens is 290 g/mol. The Bertz CT molecular complexity index is 345. The van der Waals surface area contributed by atoms with E-state index in [2.05, 4.69) is 32.0 Å². The summed E-state index contributed by atoms with van der Waals surface area (Å²) in [6.07, 6.45) is 10.0. The second-order valence-electron chi connectivity index (χ2n) is 5.21. The van der Waals surface area contributed by atoms with Gasteiger partial charge in [-0.1, -0.05) is 35.2 Å². The smallest absolute Gasteiger partial charge is 0.0492 e. The first-order valence-electron chi connectivity index (χ1n) is 7.08. The van der Waals surface area contributed by atoms with Gasteiger partial charge >= 0.3 is 0 Å². The van der Waals surface area contributed by atoms with E-state index in [1.54, 1.807) is 0 Å². The highest BCUT2D eigenvalue weighted by molar-refractivity contribution is 9.09. The van der Waals surface area contributed by atoms with Gasteiger partial charge in [-0.25, -0.2) is 0 Å². The lowest BCUT2D eigenvalue weighted by atomic mass is 9.94. The molecule has 0 radical (unpaired) electrons. The molecule has 1 fully saturated rings. The van der Waals surface area contributed by atoms with Gasteiger partial charge < -0.3 is 0 Å². The molecular formula is C14H24BrN3. The van der Waals surface area contributed by atoms with E-state index < -0.39 is 0 Å². The summed E-state index contributed by atoms with van der Waals surface area (Å²) >= 11 is 3.59. The van der Waals surface area contributed by atoms with Crippen LogP contribution in [0.2, 0.25) is 0 Å². The van der Waals surface area contributed by atoms with Crippen LogP contribution in [-0.4, -0.2) is 39.1 Å². The van der Waals surface area contributed by atoms with Crippen molar-refractivity contribution in [3.63, 3.8) is 0 Å². The van der Waals surface area contributed by atoms with Gasteiger partial charge in [-0.15, -0.1) is 0 Å². The van der Waals surface area contributed by atoms with Crippen molar-refractivity contribution in [3.8, 4) is 0 Å². The average Bonchev–Trinajstić information content (AvgIpc) is 2.81. The summed E-state index contributed by atoms with van der Waals surface area (Å²) in [5, 5.41) is 5.32. The van der Waals surface area contributed by atoms with Gasteiger partial charge in [-0.2, -0.15) is 5.10 Å². The molecule has 2 rings (SSSR count). The van der Waals surface area contributed by atoms with Crippen molar-refractivity contribution in [2.45, 2.75) is 44.6 Å². The molecule has 1 aromatic rings. The molecule has 0 aliphatic heterocycles. The predicted molar refractivity (Wildman–Crippen MR) is 79.2 cm³/mol. The molecule has 0 amide bonds. The van der Waals surface area contributed by atoms with Crippen LogP contribution in [0, 0.1) is 0 Å². The third kappa shape index (κ3) is 3.82. The molecule has 102 valence electrons. The molecule has 4 heteroatoms. The van der Waals surface area contributed by atoms with Gasteiger partial charge in [0.1, 0.15) is 0 Å². The third-order valence-corrected chi connectivity index (χ3v) is 4.40. The van der Waals surface area contributed by atoms with Gasteiger partial charge in [-0.05, 0) is 18.9 Å². The lowest BCUT2D eigenvalue weighted by Crippen LogP contribution is -2.39. The van der Waals surface area contributed by atoms with Crippen LogP contribution in [-0.2, 0) is 13.5 Å². The fourth-order valence-corrected chi connectivity index (χ4v) is 3.39. The van der Waals surface area contributed by atoms with Crippen molar-refractivity contribution >= 4 is 15.9 Å². The van der Waals surface area contributed by atoms with E-state index >= 15 is 0 Å². The minimum Gasteiger partial charge on any atom is -0.299 e. The van der Waals surface area contributed by atoms with Crippen LogP contribution in [0.15, 0.2) is 12.3 Å². The Morgan fingerprint density at radius 1 is 1.33 bits per heavy atom. The number of aromatic nitrogens is 2. The molecule has 0 atom stereocenters. The van der Waals surface area contributed by atoms with Crippen LogP contribution >= 0.6 is 15.9 Å². The number of aryl methyl sites for hydroxylation is 1. The summed E-state index contributed by atoms with van der Waals surface area (Å²) in [6.45, 7) is 2.33. The summed E-state index contributed by atoms with van der Waals surface area (Å²) in [7, 11) is 2.03. The van der Waals surface area contributed by atoms with Gasteiger partial charge in [0.05, 0.1) is 0 Å². The van der Waals surface area contributed by atoms with Gasteiger partial charge in [0, 0.05) is 49.8 Å². The zero-order chi connectivity index (χ0) is 12.8. The highest BCUT2D eigenvalue weighted by Crippen LogP contribution is 2.22. The summed E-state index contributed by atoms with van der Waals surface area (Å²) in [5.74, 6) is 0. The first-order valence-corrected chi connectivity index (χ1v) is 8.20. The second-order valence-corrected chi connectivity index (χ2v) is 6.01. The summed E-state index contributed by atoms with van der Waals surface area (Å²) in [5.41, 5.74) is 1.34. The number of rotatable bonds is 6. The Kier molecular flexibility index (Phi) is 5.70. The van der Waals surface area contributed by atoms with E-state index in [1.807, 2.05) is 17.9 Å². The van der Waals surface area contributed by atoms with Gasteiger partial charge in [0.2, 0.25) is 0 Å². The topological polar surface area (TPSA) is 21.1 Å². The molecule has 1 aromatic heterocycles. The van der Waals surface area contributed by atoms with Crippen LogP contribution in [0.5, 0.6) is 0 Å². The zero-order valence-corrected chi connectivity index (χ0v) is 12.9. The largest absolute Gasteiger partial charge is 0.299 e. The third-order valence-electron chi connectivity index (χ3n) is 4.04. The standard InChI is InChI=1S/C14H24BrN3/c1-17-13(7-10-16-17)8-11-18(12-9-15)14-5-3-2-4-6-14/h7,10,14H,2-6,8-9,11-12H2,1H3. The van der Waals surface area contributed by atoms with E-state index in [9.17, 15) is 0 Å². The second kappa shape index (κ2) is 7.29. The van der Waals surface area contributed by atoms with E-state index in [0.29, 0.717) is 0 Å². The van der Waals surface area contributed by atoms with Crippen molar-refractivity contribution in [2.75, 3.05) is 18.4 Å². The normalized spacial score (nSPS) is 17.5. The first kappa shape index (κ1) is 14.1. The molecule has 0 aromatic carbocycles. The highest BCUT2D eigenvalue weighted by atomic mass is 79.9. The highest BCUT2D eigenvalue weighted by Gasteiger charge is 2.20. The van der Waals surface area contributed by atoms with Crippen molar-refractivity contribution in [1.29, 1.82) is 0 Å². The molecule has 18 heavy (non-hydrogen) atoms. The fourth-order valence-electron chi connectivity index (χ4n) is 2.94. The summed E-state index contributed by atoms with van der Waals surface area (Å²) in [4.78, 5) is 2.67. The Morgan fingerprint density at radius 2 is 2.11 bits per heavy atom. The van der Waals surface area contributed by atoms with Crippen LogP contribution in [0.4, 0.5) is 0 Å². The number of hydrogen-bond donors (Lipinski definition) is 0. The van der Waals surface area contributed by atoms with Crippen molar-refractivity contribution in [1.82, 2.24) is 14.7 Å². The van der Waals surface area contributed by atoms with E-state index in [4.69, 9.17) is 0 Å². The van der Waals surface area contributed by atoms with E-state index in [0.717, 1.165) is 24.3 Å². The minimum atomic E-state index is 0.810. The zero-order valence-electron chi connectivity index (χ0n) is 11.3. The Labute approximate surface area is 119 Å². The molecule has 1 heterocycles. The first-order chi connectivity index (χ1) is 8.81. The fraction of sp³-hybridized carbons (Fsp3) is 0.786. The van der Waals surface area contributed by atoms with Crippen LogP contribution < -0.4 is 0 Å². The van der Waals surface area contributed by atoms with Crippen LogP contribution in [0.3, 0.4) is 0 Å². The lowest BCUT2D eigenvalue weighted by molar-refractivity contribution is 0.166. The molecule has 0 N–H and O–H groups in total. The maximum Gasteiger partial charge on any atom is 0.0492 e. The molecule has 3 nitrogen and oxygen atoms in total.